The minimum absolute atomic E-state index is 0.126. The van der Waals surface area contributed by atoms with Crippen molar-refractivity contribution in [2.24, 2.45) is 12.8 Å². The van der Waals surface area contributed by atoms with Crippen molar-refractivity contribution in [3.63, 3.8) is 0 Å². The summed E-state index contributed by atoms with van der Waals surface area (Å²) >= 11 is 0. The summed E-state index contributed by atoms with van der Waals surface area (Å²) in [4.78, 5) is 15.2. The van der Waals surface area contributed by atoms with Gasteiger partial charge in [-0.25, -0.2) is 4.98 Å². The van der Waals surface area contributed by atoms with Crippen LogP contribution in [-0.2, 0) is 18.3 Å². The van der Waals surface area contributed by atoms with Gasteiger partial charge in [-0.05, 0) is 6.92 Å². The number of amides is 1. The minimum atomic E-state index is -0.448. The summed E-state index contributed by atoms with van der Waals surface area (Å²) in [6, 6.07) is -0.448. The van der Waals surface area contributed by atoms with Crippen LogP contribution in [-0.4, -0.2) is 28.0 Å². The van der Waals surface area contributed by atoms with E-state index in [9.17, 15) is 4.79 Å². The van der Waals surface area contributed by atoms with Crippen LogP contribution in [0.15, 0.2) is 12.4 Å². The summed E-state index contributed by atoms with van der Waals surface area (Å²) in [5, 5.41) is 2.73. The van der Waals surface area contributed by atoms with Crippen molar-refractivity contribution in [1.29, 1.82) is 0 Å². The molecule has 0 bridgehead atoms. The van der Waals surface area contributed by atoms with E-state index in [2.05, 4.69) is 10.3 Å². The van der Waals surface area contributed by atoms with Crippen molar-refractivity contribution < 1.29 is 4.79 Å². The molecule has 78 valence electrons. The summed E-state index contributed by atoms with van der Waals surface area (Å²) in [5.41, 5.74) is 5.39. The van der Waals surface area contributed by atoms with Gasteiger partial charge < -0.3 is 15.6 Å². The Hall–Kier alpha value is -1.36. The van der Waals surface area contributed by atoms with Crippen LogP contribution in [0.2, 0.25) is 0 Å². The summed E-state index contributed by atoms with van der Waals surface area (Å²) < 4.78 is 1.93. The molecule has 0 unspecified atom stereocenters. The molecule has 0 saturated carbocycles. The third-order valence-corrected chi connectivity index (χ3v) is 1.98. The van der Waals surface area contributed by atoms with E-state index in [1.165, 1.54) is 0 Å². The number of hydrogen-bond acceptors (Lipinski definition) is 3. The van der Waals surface area contributed by atoms with Crippen molar-refractivity contribution in [2.45, 2.75) is 19.4 Å². The highest BCUT2D eigenvalue weighted by atomic mass is 16.2. The minimum Gasteiger partial charge on any atom is -0.354 e. The van der Waals surface area contributed by atoms with E-state index in [1.54, 1.807) is 13.1 Å². The molecule has 0 aliphatic heterocycles. The average Bonchev–Trinajstić information content (AvgIpc) is 2.51. The number of rotatable bonds is 4. The Morgan fingerprint density at radius 3 is 3.00 bits per heavy atom. The molecule has 1 aromatic rings. The second-order valence-electron chi connectivity index (χ2n) is 3.28. The molecule has 0 aliphatic rings. The molecule has 5 heteroatoms. The Balaban J connectivity index is 2.29. The summed E-state index contributed by atoms with van der Waals surface area (Å²) in [7, 11) is 1.93. The fourth-order valence-electron chi connectivity index (χ4n) is 1.10. The molecular weight excluding hydrogens is 180 g/mol. The van der Waals surface area contributed by atoms with E-state index >= 15 is 0 Å². The number of nitrogens with zero attached hydrogens (tertiary/aromatic N) is 2. The molecule has 1 amide bonds. The molecule has 1 aromatic heterocycles. The first-order valence-corrected chi connectivity index (χ1v) is 4.60. The van der Waals surface area contributed by atoms with Gasteiger partial charge in [-0.1, -0.05) is 0 Å². The Kier molecular flexibility index (Phi) is 3.64. The predicted octanol–water partition coefficient (Wildman–Crippen LogP) is -0.574. The Labute approximate surface area is 83.3 Å². The van der Waals surface area contributed by atoms with Gasteiger partial charge in [0, 0.05) is 32.4 Å². The van der Waals surface area contributed by atoms with Gasteiger partial charge in [-0.15, -0.1) is 0 Å². The first-order valence-electron chi connectivity index (χ1n) is 4.60. The fourth-order valence-corrected chi connectivity index (χ4v) is 1.10. The van der Waals surface area contributed by atoms with Crippen molar-refractivity contribution >= 4 is 5.91 Å². The van der Waals surface area contributed by atoms with Gasteiger partial charge in [0.05, 0.1) is 6.04 Å². The van der Waals surface area contributed by atoms with Gasteiger partial charge >= 0.3 is 0 Å². The molecule has 3 N–H and O–H groups in total. The topological polar surface area (TPSA) is 72.9 Å². The van der Waals surface area contributed by atoms with Crippen LogP contribution < -0.4 is 11.1 Å². The number of imidazole rings is 1. The van der Waals surface area contributed by atoms with Crippen LogP contribution in [0.5, 0.6) is 0 Å². The van der Waals surface area contributed by atoms with Gasteiger partial charge in [-0.3, -0.25) is 4.79 Å². The second-order valence-corrected chi connectivity index (χ2v) is 3.28. The smallest absolute Gasteiger partial charge is 0.236 e. The molecule has 0 radical (unpaired) electrons. The van der Waals surface area contributed by atoms with E-state index in [4.69, 9.17) is 5.73 Å². The van der Waals surface area contributed by atoms with Crippen molar-refractivity contribution in [1.82, 2.24) is 14.9 Å². The highest BCUT2D eigenvalue weighted by molar-refractivity contribution is 5.80. The lowest BCUT2D eigenvalue weighted by atomic mass is 10.3. The molecule has 1 heterocycles. The molecule has 0 fully saturated rings. The monoisotopic (exact) mass is 196 g/mol. The standard InChI is InChI=1S/C9H16N4O/c1-7(10)9(14)12-4-3-8-11-5-6-13(8)2/h5-7H,3-4,10H2,1-2H3,(H,12,14)/t7-/m1/s1. The lowest BCUT2D eigenvalue weighted by molar-refractivity contribution is -0.121. The average molecular weight is 196 g/mol. The third-order valence-electron chi connectivity index (χ3n) is 1.98. The largest absolute Gasteiger partial charge is 0.354 e. The zero-order chi connectivity index (χ0) is 10.6. The lowest BCUT2D eigenvalue weighted by Gasteiger charge is -2.07. The Bertz CT molecular complexity index is 306. The number of hydrogen-bond donors (Lipinski definition) is 2. The van der Waals surface area contributed by atoms with Crippen molar-refractivity contribution in [3.05, 3.63) is 18.2 Å². The maximum atomic E-state index is 11.1. The highest BCUT2D eigenvalue weighted by Crippen LogP contribution is 1.93. The number of carbonyl (C=O) groups excluding carboxylic acids is 1. The zero-order valence-corrected chi connectivity index (χ0v) is 8.53. The highest BCUT2D eigenvalue weighted by Gasteiger charge is 2.06. The molecule has 5 nitrogen and oxygen atoms in total. The summed E-state index contributed by atoms with van der Waals surface area (Å²) in [5.74, 6) is 0.828. The fraction of sp³-hybridized carbons (Fsp3) is 0.556. The van der Waals surface area contributed by atoms with Gasteiger partial charge in [-0.2, -0.15) is 0 Å². The molecule has 14 heavy (non-hydrogen) atoms. The third kappa shape index (κ3) is 2.85. The van der Waals surface area contributed by atoms with E-state index in [0.717, 1.165) is 12.2 Å². The maximum absolute atomic E-state index is 11.1. The molecule has 0 aliphatic carbocycles. The van der Waals surface area contributed by atoms with Crippen LogP contribution in [0.4, 0.5) is 0 Å². The zero-order valence-electron chi connectivity index (χ0n) is 8.53. The van der Waals surface area contributed by atoms with E-state index < -0.39 is 6.04 Å². The van der Waals surface area contributed by atoms with Gasteiger partial charge in [0.2, 0.25) is 5.91 Å². The Morgan fingerprint density at radius 1 is 1.79 bits per heavy atom. The Morgan fingerprint density at radius 2 is 2.50 bits per heavy atom. The van der Waals surface area contributed by atoms with E-state index in [1.807, 2.05) is 17.8 Å². The van der Waals surface area contributed by atoms with Crippen molar-refractivity contribution in [3.8, 4) is 0 Å². The molecular formula is C9H16N4O. The molecule has 1 rings (SSSR count). The number of aryl methyl sites for hydroxylation is 1. The van der Waals surface area contributed by atoms with Crippen LogP contribution in [0, 0.1) is 0 Å². The molecule has 1 atom stereocenters. The van der Waals surface area contributed by atoms with E-state index in [0.29, 0.717) is 6.54 Å². The van der Waals surface area contributed by atoms with Crippen molar-refractivity contribution in [2.75, 3.05) is 6.54 Å². The van der Waals surface area contributed by atoms with Crippen LogP contribution >= 0.6 is 0 Å². The second kappa shape index (κ2) is 4.76. The quantitative estimate of drug-likeness (QED) is 0.677. The predicted molar refractivity (Wildman–Crippen MR) is 53.6 cm³/mol. The first-order chi connectivity index (χ1) is 6.61. The number of nitrogens with one attached hydrogen (secondary N) is 1. The first kappa shape index (κ1) is 10.7. The normalized spacial score (nSPS) is 12.5. The number of carbonyl (C=O) groups is 1. The summed E-state index contributed by atoms with van der Waals surface area (Å²) in [6.07, 6.45) is 4.34. The SMILES string of the molecule is C[C@@H](N)C(=O)NCCc1nccn1C. The van der Waals surface area contributed by atoms with Crippen LogP contribution in [0.1, 0.15) is 12.7 Å². The summed E-state index contributed by atoms with van der Waals surface area (Å²) in [6.45, 7) is 2.24. The maximum Gasteiger partial charge on any atom is 0.236 e. The van der Waals surface area contributed by atoms with Gasteiger partial charge in [0.25, 0.3) is 0 Å². The van der Waals surface area contributed by atoms with Gasteiger partial charge in [0.1, 0.15) is 5.82 Å². The molecule has 0 spiro atoms. The lowest BCUT2D eigenvalue weighted by Crippen LogP contribution is -2.39. The number of nitrogens with two attached hydrogens (primary N) is 1. The van der Waals surface area contributed by atoms with E-state index in [-0.39, 0.29) is 5.91 Å². The number of aromatic nitrogens is 2. The van der Waals surface area contributed by atoms with Gasteiger partial charge in [0.15, 0.2) is 0 Å². The van der Waals surface area contributed by atoms with Crippen LogP contribution in [0.25, 0.3) is 0 Å². The molecule has 0 aromatic carbocycles. The van der Waals surface area contributed by atoms with Crippen LogP contribution in [0.3, 0.4) is 0 Å². The molecule has 0 saturated heterocycles.